The van der Waals surface area contributed by atoms with Crippen LogP contribution in [0.1, 0.15) is 33.3 Å². The molecule has 0 aliphatic heterocycles. The number of nitrogens with one attached hydrogen (secondary N) is 1. The third kappa shape index (κ3) is 7.97. The molecule has 0 fully saturated rings. The van der Waals surface area contributed by atoms with Crippen LogP contribution < -0.4 is 14.4 Å². The third-order valence-electron chi connectivity index (χ3n) is 5.90. The molecule has 0 spiro atoms. The van der Waals surface area contributed by atoms with Crippen LogP contribution in [0.2, 0.25) is 5.02 Å². The van der Waals surface area contributed by atoms with Gasteiger partial charge in [-0.25, -0.2) is 8.42 Å². The van der Waals surface area contributed by atoms with Gasteiger partial charge in [0.2, 0.25) is 11.8 Å². The number of halogens is 1. The highest BCUT2D eigenvalue weighted by atomic mass is 35.5. The molecule has 3 rings (SSSR count). The van der Waals surface area contributed by atoms with Gasteiger partial charge >= 0.3 is 0 Å². The number of amides is 2. The number of methoxy groups -OCH3 is 1. The first kappa shape index (κ1) is 30.0. The molecule has 3 aromatic rings. The molecular weight excluding hydrogens is 538 g/mol. The first-order valence-corrected chi connectivity index (χ1v) is 14.2. The van der Waals surface area contributed by atoms with Crippen LogP contribution in [-0.4, -0.2) is 50.4 Å². The van der Waals surface area contributed by atoms with Crippen LogP contribution in [0.25, 0.3) is 0 Å². The van der Waals surface area contributed by atoms with E-state index in [-0.39, 0.29) is 23.0 Å². The van der Waals surface area contributed by atoms with Crippen LogP contribution in [0, 0.1) is 0 Å². The van der Waals surface area contributed by atoms with E-state index in [1.807, 2.05) is 20.8 Å². The molecule has 0 radical (unpaired) electrons. The Bertz CT molecular complexity index is 1370. The second-order valence-corrected chi connectivity index (χ2v) is 12.4. The van der Waals surface area contributed by atoms with Gasteiger partial charge in [-0.3, -0.25) is 13.9 Å². The van der Waals surface area contributed by atoms with Crippen molar-refractivity contribution < 1.29 is 22.7 Å². The highest BCUT2D eigenvalue weighted by Crippen LogP contribution is 2.26. The second kappa shape index (κ2) is 12.5. The average Bonchev–Trinajstić information content (AvgIpc) is 2.90. The minimum absolute atomic E-state index is 0.0383. The van der Waals surface area contributed by atoms with E-state index < -0.39 is 34.1 Å². The molecule has 208 valence electrons. The number of nitrogens with zero attached hydrogens (tertiary/aromatic N) is 2. The van der Waals surface area contributed by atoms with Crippen molar-refractivity contribution in [3.8, 4) is 5.75 Å². The van der Waals surface area contributed by atoms with Crippen molar-refractivity contribution in [1.29, 1.82) is 0 Å². The lowest BCUT2D eigenvalue weighted by Gasteiger charge is -2.33. The van der Waals surface area contributed by atoms with Gasteiger partial charge in [0.15, 0.2) is 0 Å². The Balaban J connectivity index is 2.02. The lowest BCUT2D eigenvalue weighted by atomic mass is 10.1. The van der Waals surface area contributed by atoms with Crippen molar-refractivity contribution in [1.82, 2.24) is 10.2 Å². The Morgan fingerprint density at radius 2 is 1.54 bits per heavy atom. The van der Waals surface area contributed by atoms with Crippen LogP contribution in [0.4, 0.5) is 5.69 Å². The van der Waals surface area contributed by atoms with Gasteiger partial charge in [-0.1, -0.05) is 41.9 Å². The van der Waals surface area contributed by atoms with E-state index in [9.17, 15) is 18.0 Å². The van der Waals surface area contributed by atoms with Crippen LogP contribution in [0.15, 0.2) is 83.8 Å². The summed E-state index contributed by atoms with van der Waals surface area (Å²) >= 11 is 6.04. The molecule has 0 unspecified atom stereocenters. The van der Waals surface area contributed by atoms with Crippen LogP contribution in [-0.2, 0) is 26.2 Å². The molecule has 0 aliphatic carbocycles. The standard InChI is InChI=1S/C29H34ClN3O5S/c1-21(28(35)31-29(2,3)4)32(19-22-11-13-23(30)14-12-22)27(34)20-33(24-15-17-25(38-5)18-16-24)39(36,37)26-9-7-6-8-10-26/h6-18,21H,19-20H2,1-5H3,(H,31,35)/t21-/m0/s1. The summed E-state index contributed by atoms with van der Waals surface area (Å²) in [4.78, 5) is 28.4. The molecule has 0 saturated heterocycles. The van der Waals surface area contributed by atoms with Crippen molar-refractivity contribution in [2.45, 2.75) is 50.7 Å². The van der Waals surface area contributed by atoms with E-state index in [0.29, 0.717) is 10.8 Å². The molecule has 0 heterocycles. The normalized spacial score (nSPS) is 12.4. The molecule has 0 aliphatic rings. The SMILES string of the molecule is COc1ccc(N(CC(=O)N(Cc2ccc(Cl)cc2)[C@@H](C)C(=O)NC(C)(C)C)S(=O)(=O)c2ccccc2)cc1. The zero-order chi connectivity index (χ0) is 28.8. The third-order valence-corrected chi connectivity index (χ3v) is 7.94. The largest absolute Gasteiger partial charge is 0.497 e. The highest BCUT2D eigenvalue weighted by Gasteiger charge is 2.33. The number of hydrogen-bond acceptors (Lipinski definition) is 5. The molecule has 10 heteroatoms. The van der Waals surface area contributed by atoms with Crippen molar-refractivity contribution in [3.63, 3.8) is 0 Å². The maximum absolute atomic E-state index is 13.9. The van der Waals surface area contributed by atoms with Crippen LogP contribution in [0.3, 0.4) is 0 Å². The molecule has 0 saturated carbocycles. The summed E-state index contributed by atoms with van der Waals surface area (Å²) in [5, 5.41) is 3.44. The Hall–Kier alpha value is -3.56. The minimum Gasteiger partial charge on any atom is -0.497 e. The van der Waals surface area contributed by atoms with E-state index in [1.165, 1.54) is 24.1 Å². The van der Waals surface area contributed by atoms with Gasteiger partial charge in [0.05, 0.1) is 17.7 Å². The number of hydrogen-bond donors (Lipinski definition) is 1. The van der Waals surface area contributed by atoms with Gasteiger partial charge in [0, 0.05) is 17.1 Å². The first-order valence-electron chi connectivity index (χ1n) is 12.4. The van der Waals surface area contributed by atoms with Crippen molar-refractivity contribution in [2.75, 3.05) is 18.0 Å². The maximum Gasteiger partial charge on any atom is 0.264 e. The molecule has 0 aromatic heterocycles. The number of rotatable bonds is 10. The number of carbonyl (C=O) groups excluding carboxylic acids is 2. The summed E-state index contributed by atoms with van der Waals surface area (Å²) in [6, 6.07) is 20.3. The molecule has 2 amide bonds. The van der Waals surface area contributed by atoms with Gasteiger partial charge in [0.1, 0.15) is 18.3 Å². The van der Waals surface area contributed by atoms with Crippen molar-refractivity contribution >= 4 is 39.1 Å². The summed E-state index contributed by atoms with van der Waals surface area (Å²) in [7, 11) is -2.62. The van der Waals surface area contributed by atoms with Gasteiger partial charge in [-0.05, 0) is 81.8 Å². The van der Waals surface area contributed by atoms with E-state index >= 15 is 0 Å². The average molecular weight is 572 g/mol. The zero-order valence-corrected chi connectivity index (χ0v) is 24.3. The van der Waals surface area contributed by atoms with E-state index in [1.54, 1.807) is 73.7 Å². The highest BCUT2D eigenvalue weighted by molar-refractivity contribution is 7.92. The minimum atomic E-state index is -4.13. The Morgan fingerprint density at radius 1 is 0.949 bits per heavy atom. The Kier molecular flexibility index (Phi) is 9.63. The van der Waals surface area contributed by atoms with Gasteiger partial charge in [-0.2, -0.15) is 0 Å². The lowest BCUT2D eigenvalue weighted by Crippen LogP contribution is -2.54. The maximum atomic E-state index is 13.9. The van der Waals surface area contributed by atoms with Crippen LogP contribution >= 0.6 is 11.6 Å². The predicted molar refractivity (Wildman–Crippen MR) is 153 cm³/mol. The Labute approximate surface area is 235 Å². The van der Waals surface area contributed by atoms with Gasteiger partial charge in [-0.15, -0.1) is 0 Å². The lowest BCUT2D eigenvalue weighted by molar-refractivity contribution is -0.140. The van der Waals surface area contributed by atoms with Crippen molar-refractivity contribution in [3.05, 3.63) is 89.4 Å². The Morgan fingerprint density at radius 3 is 2.08 bits per heavy atom. The summed E-state index contributed by atoms with van der Waals surface area (Å²) in [6.45, 7) is 6.72. The fraction of sp³-hybridized carbons (Fsp3) is 0.310. The number of anilines is 1. The summed E-state index contributed by atoms with van der Waals surface area (Å²) in [5.41, 5.74) is 0.503. The topological polar surface area (TPSA) is 96.0 Å². The molecular formula is C29H34ClN3O5S. The number of ether oxygens (including phenoxy) is 1. The molecule has 0 bridgehead atoms. The second-order valence-electron chi connectivity index (χ2n) is 10.1. The van der Waals surface area contributed by atoms with E-state index in [4.69, 9.17) is 16.3 Å². The monoisotopic (exact) mass is 571 g/mol. The molecule has 3 aromatic carbocycles. The van der Waals surface area contributed by atoms with E-state index in [0.717, 1.165) is 9.87 Å². The molecule has 8 nitrogen and oxygen atoms in total. The smallest absolute Gasteiger partial charge is 0.264 e. The fourth-order valence-electron chi connectivity index (χ4n) is 3.84. The number of benzene rings is 3. The summed E-state index contributed by atoms with van der Waals surface area (Å²) in [5.74, 6) is -0.359. The molecule has 1 atom stereocenters. The van der Waals surface area contributed by atoms with E-state index in [2.05, 4.69) is 5.32 Å². The summed E-state index contributed by atoms with van der Waals surface area (Å²) in [6.07, 6.45) is 0. The quantitative estimate of drug-likeness (QED) is 0.374. The van der Waals surface area contributed by atoms with Gasteiger partial charge < -0.3 is 15.0 Å². The van der Waals surface area contributed by atoms with Crippen LogP contribution in [0.5, 0.6) is 5.75 Å². The number of carbonyl (C=O) groups is 2. The molecule has 1 N–H and O–H groups in total. The first-order chi connectivity index (χ1) is 18.3. The van der Waals surface area contributed by atoms with Gasteiger partial charge in [0.25, 0.3) is 10.0 Å². The number of sulfonamides is 1. The predicted octanol–water partition coefficient (Wildman–Crippen LogP) is 4.88. The summed E-state index contributed by atoms with van der Waals surface area (Å²) < 4.78 is 33.8. The molecule has 39 heavy (non-hydrogen) atoms. The zero-order valence-electron chi connectivity index (χ0n) is 22.7. The van der Waals surface area contributed by atoms with Crippen molar-refractivity contribution in [2.24, 2.45) is 0 Å². The fourth-order valence-corrected chi connectivity index (χ4v) is 5.40.